The first-order valence-corrected chi connectivity index (χ1v) is 5.36. The van der Waals surface area contributed by atoms with Crippen LogP contribution in [0.15, 0.2) is 34.4 Å². The predicted molar refractivity (Wildman–Crippen MR) is 68.9 cm³/mol. The van der Waals surface area contributed by atoms with Crippen molar-refractivity contribution in [1.29, 1.82) is 0 Å². The van der Waals surface area contributed by atoms with Gasteiger partial charge in [0.1, 0.15) is 5.76 Å². The molecule has 0 radical (unpaired) electrons. The Morgan fingerprint density at radius 3 is 2.25 bits per heavy atom. The lowest BCUT2D eigenvalue weighted by atomic mass is 10.1. The number of nitrogens with zero attached hydrogens (tertiary/aromatic N) is 2. The van der Waals surface area contributed by atoms with Gasteiger partial charge in [-0.25, -0.2) is 0 Å². The molecule has 0 fully saturated rings. The monoisotopic (exact) mass is 220 g/mol. The molecule has 16 heavy (non-hydrogen) atoms. The van der Waals surface area contributed by atoms with E-state index in [-0.39, 0.29) is 0 Å². The van der Waals surface area contributed by atoms with E-state index in [2.05, 4.69) is 23.3 Å². The first-order chi connectivity index (χ1) is 7.56. The summed E-state index contributed by atoms with van der Waals surface area (Å²) in [6.45, 7) is 17.0. The fraction of sp³-hybridized carbons (Fsp3) is 0.385. The van der Waals surface area contributed by atoms with Crippen LogP contribution < -0.4 is 0 Å². The van der Waals surface area contributed by atoms with Crippen LogP contribution in [0.2, 0.25) is 0 Å². The van der Waals surface area contributed by atoms with E-state index < -0.39 is 0 Å². The summed E-state index contributed by atoms with van der Waals surface area (Å²) in [5, 5.41) is 3.86. The van der Waals surface area contributed by atoms with E-state index >= 15 is 0 Å². The summed E-state index contributed by atoms with van der Waals surface area (Å²) in [5.41, 5.74) is 3.22. The minimum absolute atomic E-state index is 0.736. The zero-order valence-electron chi connectivity index (χ0n) is 10.8. The Morgan fingerprint density at radius 2 is 1.94 bits per heavy atom. The molecule has 0 amide bonds. The van der Waals surface area contributed by atoms with Crippen LogP contribution in [0.3, 0.4) is 0 Å². The van der Waals surface area contributed by atoms with Gasteiger partial charge in [-0.05, 0) is 26.8 Å². The molecule has 0 bridgehead atoms. The van der Waals surface area contributed by atoms with Crippen LogP contribution in [0.4, 0.5) is 0 Å². The molecule has 0 aliphatic heterocycles. The van der Waals surface area contributed by atoms with Crippen LogP contribution in [0.5, 0.6) is 0 Å². The molecule has 0 aromatic carbocycles. The van der Waals surface area contributed by atoms with Crippen molar-refractivity contribution in [3.63, 3.8) is 0 Å². The molecule has 1 heterocycles. The lowest BCUT2D eigenvalue weighted by Gasteiger charge is -1.99. The lowest BCUT2D eigenvalue weighted by Crippen LogP contribution is -1.99. The minimum Gasteiger partial charge on any atom is -0.361 e. The van der Waals surface area contributed by atoms with Crippen molar-refractivity contribution in [2.75, 3.05) is 0 Å². The van der Waals surface area contributed by atoms with E-state index in [0.29, 0.717) is 0 Å². The summed E-state index contributed by atoms with van der Waals surface area (Å²) in [6.07, 6.45) is 1.68. The second kappa shape index (κ2) is 6.77. The number of hydrogen-bond donors (Lipinski definition) is 0. The highest BCUT2D eigenvalue weighted by Crippen LogP contribution is 2.15. The number of hydrogen-bond acceptors (Lipinski definition) is 3. The lowest BCUT2D eigenvalue weighted by molar-refractivity contribution is 0.393. The normalized spacial score (nSPS) is 10.4. The van der Waals surface area contributed by atoms with Crippen molar-refractivity contribution in [2.24, 2.45) is 4.99 Å². The van der Waals surface area contributed by atoms with Gasteiger partial charge >= 0.3 is 0 Å². The first-order valence-electron chi connectivity index (χ1n) is 5.36. The molecular weight excluding hydrogens is 200 g/mol. The highest BCUT2D eigenvalue weighted by atomic mass is 16.5. The number of aryl methyl sites for hydroxylation is 2. The molecule has 1 rings (SSSR count). The summed E-state index contributed by atoms with van der Waals surface area (Å²) in [6, 6.07) is 0. The molecular formula is C13H20N2O. The van der Waals surface area contributed by atoms with E-state index in [4.69, 9.17) is 4.52 Å². The molecule has 0 spiro atoms. The second-order valence-corrected chi connectivity index (χ2v) is 3.14. The summed E-state index contributed by atoms with van der Waals surface area (Å²) in [5.74, 6) is 0.752. The molecule has 0 aliphatic carbocycles. The first kappa shape index (κ1) is 14.4. The van der Waals surface area contributed by atoms with Gasteiger partial charge in [0, 0.05) is 5.70 Å². The topological polar surface area (TPSA) is 38.4 Å². The van der Waals surface area contributed by atoms with E-state index in [1.54, 1.807) is 6.08 Å². The van der Waals surface area contributed by atoms with Gasteiger partial charge in [-0.1, -0.05) is 32.2 Å². The maximum atomic E-state index is 5.05. The Morgan fingerprint density at radius 1 is 1.38 bits per heavy atom. The molecule has 88 valence electrons. The van der Waals surface area contributed by atoms with Gasteiger partial charge in [-0.2, -0.15) is 0 Å². The zero-order valence-corrected chi connectivity index (χ0v) is 10.8. The molecule has 0 unspecified atom stereocenters. The summed E-state index contributed by atoms with van der Waals surface area (Å²) in [4.78, 5) is 4.26. The third-order valence-corrected chi connectivity index (χ3v) is 1.79. The van der Waals surface area contributed by atoms with E-state index in [0.717, 1.165) is 28.4 Å². The highest BCUT2D eigenvalue weighted by molar-refractivity contribution is 6.10. The van der Waals surface area contributed by atoms with Gasteiger partial charge in [0.15, 0.2) is 0 Å². The maximum Gasteiger partial charge on any atom is 0.143 e. The summed E-state index contributed by atoms with van der Waals surface area (Å²) >= 11 is 0. The molecule has 0 N–H and O–H groups in total. The second-order valence-electron chi connectivity index (χ2n) is 3.14. The van der Waals surface area contributed by atoms with Crippen molar-refractivity contribution in [2.45, 2.75) is 34.6 Å². The summed E-state index contributed by atoms with van der Waals surface area (Å²) in [7, 11) is 0. The maximum absolute atomic E-state index is 5.05. The van der Waals surface area contributed by atoms with Gasteiger partial charge in [0.2, 0.25) is 0 Å². The van der Waals surface area contributed by atoms with Crippen LogP contribution in [-0.4, -0.2) is 10.9 Å². The number of aromatic nitrogens is 1. The molecule has 0 aliphatic rings. The third-order valence-electron chi connectivity index (χ3n) is 1.79. The van der Waals surface area contributed by atoms with Crippen molar-refractivity contribution < 1.29 is 4.52 Å². The number of aliphatic imine (C=N–C) groups is 1. The van der Waals surface area contributed by atoms with E-state index in [9.17, 15) is 0 Å². The Balaban J connectivity index is 0.00000106. The Hall–Kier alpha value is -1.64. The SMILES string of the molecule is C=CC(=NC(=C)C)c1c(C)noc1C.CC. The standard InChI is InChI=1S/C11H14N2O.C2H6/c1-6-10(12-7(2)3)11-8(4)13-14-9(11)5;1-2/h6H,1-2H2,3-5H3;1-2H3. The largest absolute Gasteiger partial charge is 0.361 e. The van der Waals surface area contributed by atoms with Gasteiger partial charge in [0.25, 0.3) is 0 Å². The van der Waals surface area contributed by atoms with Crippen LogP contribution in [0.25, 0.3) is 0 Å². The number of rotatable bonds is 3. The van der Waals surface area contributed by atoms with Crippen LogP contribution in [-0.2, 0) is 0 Å². The van der Waals surface area contributed by atoms with Crippen molar-refractivity contribution in [3.05, 3.63) is 41.9 Å². The van der Waals surface area contributed by atoms with Gasteiger partial charge in [-0.3, -0.25) is 4.99 Å². The van der Waals surface area contributed by atoms with Gasteiger partial charge < -0.3 is 4.52 Å². The molecule has 0 atom stereocenters. The zero-order chi connectivity index (χ0) is 12.7. The fourth-order valence-corrected chi connectivity index (χ4v) is 1.26. The average Bonchev–Trinajstić information content (AvgIpc) is 2.58. The quantitative estimate of drug-likeness (QED) is 0.726. The van der Waals surface area contributed by atoms with Crippen LogP contribution in [0.1, 0.15) is 37.8 Å². The van der Waals surface area contributed by atoms with Crippen molar-refractivity contribution in [3.8, 4) is 0 Å². The molecule has 3 heteroatoms. The van der Waals surface area contributed by atoms with E-state index in [1.807, 2.05) is 34.6 Å². The highest BCUT2D eigenvalue weighted by Gasteiger charge is 2.12. The molecule has 1 aromatic heterocycles. The molecule has 0 saturated heterocycles. The molecule has 1 aromatic rings. The molecule has 0 saturated carbocycles. The van der Waals surface area contributed by atoms with Crippen LogP contribution in [0, 0.1) is 13.8 Å². The minimum atomic E-state index is 0.736. The van der Waals surface area contributed by atoms with Crippen molar-refractivity contribution >= 4 is 5.71 Å². The smallest absolute Gasteiger partial charge is 0.143 e. The fourth-order valence-electron chi connectivity index (χ4n) is 1.26. The van der Waals surface area contributed by atoms with Crippen molar-refractivity contribution in [1.82, 2.24) is 5.16 Å². The molecule has 3 nitrogen and oxygen atoms in total. The average molecular weight is 220 g/mol. The van der Waals surface area contributed by atoms with Gasteiger partial charge in [0.05, 0.1) is 17.0 Å². The predicted octanol–water partition coefficient (Wildman–Crippen LogP) is 3.83. The third kappa shape index (κ3) is 3.50. The Bertz CT molecular complexity index is 381. The van der Waals surface area contributed by atoms with E-state index in [1.165, 1.54) is 0 Å². The number of allylic oxidation sites excluding steroid dienone is 2. The van der Waals surface area contributed by atoms with Crippen LogP contribution >= 0.6 is 0 Å². The summed E-state index contributed by atoms with van der Waals surface area (Å²) < 4.78 is 5.05. The Kier molecular flexibility index (Phi) is 6.08. The van der Waals surface area contributed by atoms with Gasteiger partial charge in [-0.15, -0.1) is 0 Å². The Labute approximate surface area is 97.6 Å².